The van der Waals surface area contributed by atoms with Crippen LogP contribution in [0.25, 0.3) is 0 Å². The van der Waals surface area contributed by atoms with Crippen molar-refractivity contribution in [3.8, 4) is 0 Å². The normalized spacial score (nSPS) is 13.2. The molecule has 0 bridgehead atoms. The van der Waals surface area contributed by atoms with Crippen LogP contribution in [-0.4, -0.2) is 66.3 Å². The summed E-state index contributed by atoms with van der Waals surface area (Å²) in [4.78, 5) is 18.2. The molecule has 1 heterocycles. The molecule has 144 valence electrons. The minimum Gasteiger partial charge on any atom is -0.354 e. The molecular weight excluding hydrogens is 433 g/mol. The highest BCUT2D eigenvalue weighted by Gasteiger charge is 2.17. The van der Waals surface area contributed by atoms with Gasteiger partial charge in [-0.2, -0.15) is 5.10 Å². The first-order valence-corrected chi connectivity index (χ1v) is 8.03. The summed E-state index contributed by atoms with van der Waals surface area (Å²) in [5.74, 6) is 0.525. The zero-order valence-electron chi connectivity index (χ0n) is 16.3. The van der Waals surface area contributed by atoms with E-state index in [-0.39, 0.29) is 48.0 Å². The Kier molecular flexibility index (Phi) is 10.0. The lowest BCUT2D eigenvalue weighted by atomic mass is 10.1. The molecule has 0 aromatic carbocycles. The van der Waals surface area contributed by atoms with Crippen molar-refractivity contribution < 1.29 is 4.79 Å². The Morgan fingerprint density at radius 2 is 2.00 bits per heavy atom. The zero-order chi connectivity index (χ0) is 18.3. The molecule has 0 spiro atoms. The van der Waals surface area contributed by atoms with Crippen molar-refractivity contribution in [2.45, 2.75) is 32.4 Å². The number of hydrogen-bond acceptors (Lipinski definition) is 4. The first-order valence-electron chi connectivity index (χ1n) is 8.03. The lowest BCUT2D eigenvalue weighted by Gasteiger charge is -2.25. The van der Waals surface area contributed by atoms with Gasteiger partial charge in [-0.15, -0.1) is 24.0 Å². The molecule has 0 fully saturated rings. The molecular formula is C16H32IN7O. The number of guanidine groups is 1. The molecule has 1 atom stereocenters. The Labute approximate surface area is 167 Å². The summed E-state index contributed by atoms with van der Waals surface area (Å²) in [5, 5.41) is 13.4. The van der Waals surface area contributed by atoms with Gasteiger partial charge in [0.15, 0.2) is 5.96 Å². The molecule has 3 N–H and O–H groups in total. The number of amides is 1. The van der Waals surface area contributed by atoms with E-state index < -0.39 is 0 Å². The maximum absolute atomic E-state index is 11.9. The SMILES string of the molecule is CN=C(NCC(=O)NC(C)(C)C)NCC(c1cnn(C)c1)N(C)C.I. The predicted molar refractivity (Wildman–Crippen MR) is 112 cm³/mol. The average Bonchev–Trinajstić information content (AvgIpc) is 2.86. The molecule has 0 saturated carbocycles. The molecule has 1 amide bonds. The maximum Gasteiger partial charge on any atom is 0.239 e. The van der Waals surface area contributed by atoms with Crippen LogP contribution in [-0.2, 0) is 11.8 Å². The van der Waals surface area contributed by atoms with Crippen molar-refractivity contribution in [2.75, 3.05) is 34.2 Å². The smallest absolute Gasteiger partial charge is 0.239 e. The number of hydrogen-bond donors (Lipinski definition) is 3. The Morgan fingerprint density at radius 3 is 2.44 bits per heavy atom. The van der Waals surface area contributed by atoms with Gasteiger partial charge in [0.1, 0.15) is 0 Å². The van der Waals surface area contributed by atoms with Crippen LogP contribution in [0.5, 0.6) is 0 Å². The lowest BCUT2D eigenvalue weighted by Crippen LogP contribution is -2.49. The fourth-order valence-corrected chi connectivity index (χ4v) is 2.25. The molecule has 1 aromatic heterocycles. The van der Waals surface area contributed by atoms with Gasteiger partial charge < -0.3 is 20.9 Å². The number of rotatable bonds is 6. The van der Waals surface area contributed by atoms with Gasteiger partial charge in [0.2, 0.25) is 5.91 Å². The van der Waals surface area contributed by atoms with Crippen LogP contribution >= 0.6 is 24.0 Å². The molecule has 0 aliphatic heterocycles. The fourth-order valence-electron chi connectivity index (χ4n) is 2.25. The van der Waals surface area contributed by atoms with Gasteiger partial charge in [0.25, 0.3) is 0 Å². The molecule has 1 unspecified atom stereocenters. The highest BCUT2D eigenvalue weighted by molar-refractivity contribution is 14.0. The fraction of sp³-hybridized carbons (Fsp3) is 0.688. The molecule has 0 radical (unpaired) electrons. The minimum atomic E-state index is -0.244. The van der Waals surface area contributed by atoms with Crippen molar-refractivity contribution in [1.29, 1.82) is 0 Å². The van der Waals surface area contributed by atoms with E-state index in [2.05, 4.69) is 30.9 Å². The molecule has 1 rings (SSSR count). The maximum atomic E-state index is 11.9. The topological polar surface area (TPSA) is 86.6 Å². The van der Waals surface area contributed by atoms with Crippen molar-refractivity contribution >= 4 is 35.8 Å². The van der Waals surface area contributed by atoms with Gasteiger partial charge in [-0.1, -0.05) is 0 Å². The Hall–Kier alpha value is -1.36. The van der Waals surface area contributed by atoms with Crippen molar-refractivity contribution in [3.63, 3.8) is 0 Å². The van der Waals surface area contributed by atoms with Crippen LogP contribution < -0.4 is 16.0 Å². The third-order valence-corrected chi connectivity index (χ3v) is 3.35. The summed E-state index contributed by atoms with van der Waals surface area (Å²) < 4.78 is 1.79. The third-order valence-electron chi connectivity index (χ3n) is 3.35. The summed E-state index contributed by atoms with van der Waals surface area (Å²) in [7, 11) is 7.63. The van der Waals surface area contributed by atoms with Crippen LogP contribution in [0.1, 0.15) is 32.4 Å². The van der Waals surface area contributed by atoms with Crippen LogP contribution in [0.3, 0.4) is 0 Å². The van der Waals surface area contributed by atoms with Gasteiger partial charge in [0.05, 0.1) is 18.8 Å². The summed E-state index contributed by atoms with van der Waals surface area (Å²) in [6.45, 7) is 6.68. The van der Waals surface area contributed by atoms with Crippen LogP contribution in [0, 0.1) is 0 Å². The van der Waals surface area contributed by atoms with Gasteiger partial charge in [-0.25, -0.2) is 0 Å². The highest BCUT2D eigenvalue weighted by atomic mass is 127. The second kappa shape index (κ2) is 10.6. The molecule has 0 aliphatic rings. The number of nitrogens with one attached hydrogen (secondary N) is 3. The summed E-state index contributed by atoms with van der Waals surface area (Å²) in [6, 6.07) is 0.153. The van der Waals surface area contributed by atoms with Gasteiger partial charge in [-0.3, -0.25) is 14.5 Å². The number of halogens is 1. The largest absolute Gasteiger partial charge is 0.354 e. The average molecular weight is 465 g/mol. The third kappa shape index (κ3) is 9.05. The molecule has 0 aliphatic carbocycles. The Morgan fingerprint density at radius 1 is 1.36 bits per heavy atom. The zero-order valence-corrected chi connectivity index (χ0v) is 18.6. The molecule has 9 heteroatoms. The van der Waals surface area contributed by atoms with Crippen LogP contribution in [0.15, 0.2) is 17.4 Å². The lowest BCUT2D eigenvalue weighted by molar-refractivity contribution is -0.121. The number of nitrogens with zero attached hydrogens (tertiary/aromatic N) is 4. The summed E-state index contributed by atoms with van der Waals surface area (Å²) >= 11 is 0. The van der Waals surface area contributed by atoms with E-state index >= 15 is 0 Å². The number of carbonyl (C=O) groups is 1. The van der Waals surface area contributed by atoms with E-state index in [0.29, 0.717) is 12.5 Å². The monoisotopic (exact) mass is 465 g/mol. The molecule has 1 aromatic rings. The predicted octanol–water partition coefficient (Wildman–Crippen LogP) is 0.721. The number of aryl methyl sites for hydroxylation is 1. The van der Waals surface area contributed by atoms with Crippen molar-refractivity contribution in [3.05, 3.63) is 18.0 Å². The summed E-state index contributed by atoms with van der Waals surface area (Å²) in [5.41, 5.74) is 0.877. The van der Waals surface area contributed by atoms with E-state index in [1.54, 1.807) is 11.7 Å². The first kappa shape index (κ1) is 23.6. The first-order chi connectivity index (χ1) is 11.1. The van der Waals surface area contributed by atoms with Crippen molar-refractivity contribution in [1.82, 2.24) is 30.6 Å². The number of likely N-dealkylation sites (N-methyl/N-ethyl adjacent to an activating group) is 1. The number of aliphatic imine (C=N–C) groups is 1. The summed E-state index contributed by atoms with van der Waals surface area (Å²) in [6.07, 6.45) is 3.86. The molecule has 8 nitrogen and oxygen atoms in total. The van der Waals surface area contributed by atoms with E-state index in [9.17, 15) is 4.79 Å². The van der Waals surface area contributed by atoms with Crippen LogP contribution in [0.2, 0.25) is 0 Å². The minimum absolute atomic E-state index is 0. The molecule has 25 heavy (non-hydrogen) atoms. The van der Waals surface area contributed by atoms with E-state index in [4.69, 9.17) is 0 Å². The van der Waals surface area contributed by atoms with E-state index in [0.717, 1.165) is 5.56 Å². The molecule has 0 saturated heterocycles. The second-order valence-electron chi connectivity index (χ2n) is 7.03. The Balaban J connectivity index is 0.00000576. The van der Waals surface area contributed by atoms with E-state index in [1.807, 2.05) is 54.3 Å². The van der Waals surface area contributed by atoms with Crippen LogP contribution in [0.4, 0.5) is 0 Å². The second-order valence-corrected chi connectivity index (χ2v) is 7.03. The standard InChI is InChI=1S/C16H31N7O.HI/c1-16(2,3)21-14(24)10-19-15(17-4)18-9-13(22(5)6)12-8-20-23(7)11-12;/h8,11,13H,9-10H2,1-7H3,(H,21,24)(H2,17,18,19);1H. The van der Waals surface area contributed by atoms with Crippen molar-refractivity contribution in [2.24, 2.45) is 12.0 Å². The number of carbonyl (C=O) groups excluding carboxylic acids is 1. The number of aromatic nitrogens is 2. The van der Waals surface area contributed by atoms with E-state index in [1.165, 1.54) is 0 Å². The van der Waals surface area contributed by atoms with Gasteiger partial charge >= 0.3 is 0 Å². The Bertz CT molecular complexity index is 563. The van der Waals surface area contributed by atoms with Gasteiger partial charge in [-0.05, 0) is 34.9 Å². The highest BCUT2D eigenvalue weighted by Crippen LogP contribution is 2.15. The quantitative estimate of drug-likeness (QED) is 0.328. The van der Waals surface area contributed by atoms with Gasteiger partial charge in [0, 0.05) is 37.9 Å².